The lowest BCUT2D eigenvalue weighted by Crippen LogP contribution is -2.48. The van der Waals surface area contributed by atoms with Gasteiger partial charge in [0.1, 0.15) is 29.9 Å². The van der Waals surface area contributed by atoms with E-state index in [0.29, 0.717) is 11.1 Å². The quantitative estimate of drug-likeness (QED) is 0.734. The maximum atomic E-state index is 14.4. The van der Waals surface area contributed by atoms with Crippen LogP contribution in [-0.2, 0) is 4.79 Å². The Labute approximate surface area is 182 Å². The van der Waals surface area contributed by atoms with Gasteiger partial charge in [-0.2, -0.15) is 5.26 Å². The normalized spacial score (nSPS) is 24.3. The third kappa shape index (κ3) is 4.61. The summed E-state index contributed by atoms with van der Waals surface area (Å²) in [7, 11) is 0. The lowest BCUT2D eigenvalue weighted by Gasteiger charge is -2.33. The molecular weight excluding hydrogens is 422 g/mol. The number of rotatable bonds is 5. The molecule has 32 heavy (non-hydrogen) atoms. The molecule has 1 saturated carbocycles. The number of alkyl halides is 2. The van der Waals surface area contributed by atoms with Crippen molar-refractivity contribution in [2.75, 3.05) is 18.4 Å². The summed E-state index contributed by atoms with van der Waals surface area (Å²) in [5.41, 5.74) is 1.51. The molecule has 1 aliphatic carbocycles. The van der Waals surface area contributed by atoms with Crippen LogP contribution in [0.1, 0.15) is 18.4 Å². The van der Waals surface area contributed by atoms with Crippen LogP contribution in [0.4, 0.5) is 19.4 Å². The van der Waals surface area contributed by atoms with Gasteiger partial charge in [-0.25, -0.2) is 18.6 Å². The maximum absolute atomic E-state index is 14.4. The van der Waals surface area contributed by atoms with Crippen LogP contribution in [0.15, 0.2) is 36.5 Å². The van der Waals surface area contributed by atoms with Crippen molar-refractivity contribution in [3.8, 4) is 22.9 Å². The topological polar surface area (TPSA) is 116 Å². The van der Waals surface area contributed by atoms with Gasteiger partial charge in [0.25, 0.3) is 0 Å². The number of nitrogens with one attached hydrogen (secondary N) is 1. The first kappa shape index (κ1) is 21.5. The van der Waals surface area contributed by atoms with Crippen LogP contribution in [0.3, 0.4) is 0 Å². The van der Waals surface area contributed by atoms with E-state index < -0.39 is 36.4 Å². The molecule has 10 heteroatoms. The van der Waals surface area contributed by atoms with Gasteiger partial charge in [-0.15, -0.1) is 0 Å². The van der Waals surface area contributed by atoms with E-state index >= 15 is 0 Å². The average molecular weight is 442 g/mol. The highest BCUT2D eigenvalue weighted by molar-refractivity contribution is 5.94. The number of pyridine rings is 1. The molecule has 0 radical (unpaired) electrons. The molecule has 2 aromatic rings. The molecule has 2 unspecified atom stereocenters. The molecule has 1 aromatic heterocycles. The zero-order valence-electron chi connectivity index (χ0n) is 16.9. The molecule has 0 spiro atoms. The molecule has 1 aromatic carbocycles. The number of hydrogen-bond donors (Lipinski definition) is 2. The maximum Gasteiger partial charge on any atom is 0.407 e. The Balaban J connectivity index is 1.48. The standard InChI is InChI=1S/C22H20F2N4O4/c23-16-9-15(16)21(29)27-20-8-13(3-5-26-20)12-1-2-18(14(7-12)10-25)32-19-4-6-28(22(30)31)11-17(19)24/h1-3,5,7-8,15-17,19H,4,6,9,11H2,(H,30,31)(H,26,27,29)/t15-,16+,17?,19?/m1/s1. The Morgan fingerprint density at radius 2 is 1.97 bits per heavy atom. The van der Waals surface area contributed by atoms with E-state index in [9.17, 15) is 23.6 Å². The summed E-state index contributed by atoms with van der Waals surface area (Å²) < 4.78 is 33.2. The number of ether oxygens (including phenoxy) is 1. The van der Waals surface area contributed by atoms with Gasteiger partial charge in [0.2, 0.25) is 5.91 Å². The number of hydrogen-bond acceptors (Lipinski definition) is 5. The first-order valence-corrected chi connectivity index (χ1v) is 10.1. The Hall–Kier alpha value is -3.74. The van der Waals surface area contributed by atoms with Gasteiger partial charge in [0, 0.05) is 19.2 Å². The Morgan fingerprint density at radius 1 is 1.22 bits per heavy atom. The second-order valence-corrected chi connectivity index (χ2v) is 7.79. The molecule has 166 valence electrons. The lowest BCUT2D eigenvalue weighted by atomic mass is 10.0. The van der Waals surface area contributed by atoms with Crippen molar-refractivity contribution in [3.63, 3.8) is 0 Å². The fourth-order valence-corrected chi connectivity index (χ4v) is 3.59. The van der Waals surface area contributed by atoms with Crippen molar-refractivity contribution in [2.24, 2.45) is 5.92 Å². The zero-order chi connectivity index (χ0) is 22.8. The molecular formula is C22H20F2N4O4. The van der Waals surface area contributed by atoms with Crippen LogP contribution in [0.2, 0.25) is 0 Å². The molecule has 0 bridgehead atoms. The minimum absolute atomic E-state index is 0.149. The van der Waals surface area contributed by atoms with Crippen molar-refractivity contribution in [1.82, 2.24) is 9.88 Å². The lowest BCUT2D eigenvalue weighted by molar-refractivity contribution is -0.117. The van der Waals surface area contributed by atoms with E-state index in [4.69, 9.17) is 9.84 Å². The average Bonchev–Trinajstić information content (AvgIpc) is 3.52. The van der Waals surface area contributed by atoms with Crippen LogP contribution >= 0.6 is 0 Å². The number of halogens is 2. The number of nitrogens with zero attached hydrogens (tertiary/aromatic N) is 3. The molecule has 4 rings (SSSR count). The molecule has 2 amide bonds. The summed E-state index contributed by atoms with van der Waals surface area (Å²) in [5.74, 6) is -0.573. The minimum Gasteiger partial charge on any atom is -0.486 e. The first-order chi connectivity index (χ1) is 15.4. The predicted octanol–water partition coefficient (Wildman–Crippen LogP) is 3.39. The molecule has 1 saturated heterocycles. The number of carbonyl (C=O) groups excluding carboxylic acids is 1. The number of anilines is 1. The molecule has 2 fully saturated rings. The van der Waals surface area contributed by atoms with E-state index in [1.54, 1.807) is 30.3 Å². The Kier molecular flexibility index (Phi) is 5.90. The second-order valence-electron chi connectivity index (χ2n) is 7.79. The highest BCUT2D eigenvalue weighted by Crippen LogP contribution is 2.35. The third-order valence-corrected chi connectivity index (χ3v) is 5.52. The number of likely N-dealkylation sites (tertiary alicyclic amines) is 1. The van der Waals surface area contributed by atoms with Gasteiger partial charge >= 0.3 is 6.09 Å². The van der Waals surface area contributed by atoms with Crippen molar-refractivity contribution < 1.29 is 28.2 Å². The van der Waals surface area contributed by atoms with Crippen molar-refractivity contribution in [3.05, 3.63) is 42.1 Å². The predicted molar refractivity (Wildman–Crippen MR) is 110 cm³/mol. The van der Waals surface area contributed by atoms with Gasteiger partial charge in [0.05, 0.1) is 18.0 Å². The largest absolute Gasteiger partial charge is 0.486 e. The smallest absolute Gasteiger partial charge is 0.407 e. The van der Waals surface area contributed by atoms with Gasteiger partial charge in [-0.3, -0.25) is 4.79 Å². The molecule has 1 aliphatic heterocycles. The number of nitriles is 1. The van der Waals surface area contributed by atoms with E-state index in [1.165, 1.54) is 6.20 Å². The summed E-state index contributed by atoms with van der Waals surface area (Å²) in [6, 6.07) is 10.2. The number of carbonyl (C=O) groups is 2. The van der Waals surface area contributed by atoms with E-state index in [1.807, 2.05) is 6.07 Å². The van der Waals surface area contributed by atoms with Gasteiger partial charge in [0.15, 0.2) is 6.17 Å². The molecule has 8 nitrogen and oxygen atoms in total. The highest BCUT2D eigenvalue weighted by atomic mass is 19.1. The molecule has 2 aliphatic rings. The number of piperidine rings is 1. The SMILES string of the molecule is N#Cc1cc(-c2ccnc(NC(=O)[C@@H]3C[C@@H]3F)c2)ccc1OC1CCN(C(=O)O)CC1F. The van der Waals surface area contributed by atoms with E-state index in [2.05, 4.69) is 10.3 Å². The summed E-state index contributed by atoms with van der Waals surface area (Å²) >= 11 is 0. The molecule has 4 atom stereocenters. The van der Waals surface area contributed by atoms with Crippen molar-refractivity contribution in [1.29, 1.82) is 5.26 Å². The number of carboxylic acid groups (broad SMARTS) is 1. The Bertz CT molecular complexity index is 1090. The number of amides is 2. The monoisotopic (exact) mass is 442 g/mol. The molecule has 2 heterocycles. The summed E-state index contributed by atoms with van der Waals surface area (Å²) in [5, 5.41) is 21.1. The number of benzene rings is 1. The third-order valence-electron chi connectivity index (χ3n) is 5.52. The summed E-state index contributed by atoms with van der Waals surface area (Å²) in [6.07, 6.45) is -2.76. The van der Waals surface area contributed by atoms with Crippen LogP contribution in [-0.4, -0.2) is 58.5 Å². The fraction of sp³-hybridized carbons (Fsp3) is 0.364. The minimum atomic E-state index is -1.51. The highest BCUT2D eigenvalue weighted by Gasteiger charge is 2.43. The van der Waals surface area contributed by atoms with Crippen LogP contribution in [0, 0.1) is 17.2 Å². The van der Waals surface area contributed by atoms with Crippen molar-refractivity contribution in [2.45, 2.75) is 31.3 Å². The van der Waals surface area contributed by atoms with E-state index in [-0.39, 0.29) is 43.1 Å². The summed E-state index contributed by atoms with van der Waals surface area (Å²) in [6.45, 7) is -0.134. The number of aromatic nitrogens is 1. The second kappa shape index (κ2) is 8.78. The molecule has 2 N–H and O–H groups in total. The van der Waals surface area contributed by atoms with Gasteiger partial charge < -0.3 is 20.1 Å². The van der Waals surface area contributed by atoms with Crippen molar-refractivity contribution >= 4 is 17.8 Å². The summed E-state index contributed by atoms with van der Waals surface area (Å²) in [4.78, 5) is 28.0. The van der Waals surface area contributed by atoms with Gasteiger partial charge in [-0.05, 0) is 41.8 Å². The van der Waals surface area contributed by atoms with E-state index in [0.717, 1.165) is 4.90 Å². The fourth-order valence-electron chi connectivity index (χ4n) is 3.59. The van der Waals surface area contributed by atoms with Crippen LogP contribution in [0.5, 0.6) is 5.75 Å². The Morgan fingerprint density at radius 3 is 2.62 bits per heavy atom. The van der Waals surface area contributed by atoms with Crippen LogP contribution < -0.4 is 10.1 Å². The van der Waals surface area contributed by atoms with Gasteiger partial charge in [-0.1, -0.05) is 6.07 Å². The first-order valence-electron chi connectivity index (χ1n) is 10.1. The van der Waals surface area contributed by atoms with Crippen LogP contribution in [0.25, 0.3) is 11.1 Å². The zero-order valence-corrected chi connectivity index (χ0v) is 16.9.